The van der Waals surface area contributed by atoms with E-state index in [9.17, 15) is 13.6 Å². The van der Waals surface area contributed by atoms with Crippen molar-refractivity contribution in [2.75, 3.05) is 6.61 Å². The maximum atomic E-state index is 15.3. The Balaban J connectivity index is 1.44. The van der Waals surface area contributed by atoms with Crippen LogP contribution in [0.25, 0.3) is 27.9 Å². The molecule has 0 aliphatic rings. The van der Waals surface area contributed by atoms with Crippen LogP contribution in [0.15, 0.2) is 73.3 Å². The van der Waals surface area contributed by atoms with Crippen molar-refractivity contribution in [1.82, 2.24) is 29.8 Å². The number of carbonyl (C=O) groups is 1. The van der Waals surface area contributed by atoms with Gasteiger partial charge in [0, 0.05) is 29.1 Å². The van der Waals surface area contributed by atoms with Crippen LogP contribution in [0.5, 0.6) is 0 Å². The molecule has 5 aromatic rings. The third-order valence-corrected chi connectivity index (χ3v) is 7.08. The van der Waals surface area contributed by atoms with E-state index in [0.717, 1.165) is 11.1 Å². The summed E-state index contributed by atoms with van der Waals surface area (Å²) in [5.41, 5.74) is 2.59. The summed E-state index contributed by atoms with van der Waals surface area (Å²) in [6, 6.07) is 12.5. The fourth-order valence-electron chi connectivity index (χ4n) is 4.60. The molecule has 3 heterocycles. The van der Waals surface area contributed by atoms with Crippen molar-refractivity contribution >= 4 is 29.2 Å². The summed E-state index contributed by atoms with van der Waals surface area (Å²) in [7, 11) is 0. The second-order valence-corrected chi connectivity index (χ2v) is 11.7. The SMILES string of the molecule is CC(C)(C)OC(=O)c1ccc(-c2cnn(C(CCOC(F)F)c3ccc(-c4c(-n5cc(Cl)nn5)ccc(Cl)c4F)cn3)c2)cc1. The minimum atomic E-state index is -2.94. The van der Waals surface area contributed by atoms with Crippen LogP contribution in [0, 0.1) is 5.82 Å². The van der Waals surface area contributed by atoms with Crippen LogP contribution in [0.4, 0.5) is 13.2 Å². The number of carbonyl (C=O) groups excluding carboxylic acids is 1. The molecule has 0 radical (unpaired) electrons. The van der Waals surface area contributed by atoms with Gasteiger partial charge in [0.25, 0.3) is 0 Å². The molecule has 9 nitrogen and oxygen atoms in total. The fourth-order valence-corrected chi connectivity index (χ4v) is 4.88. The highest BCUT2D eigenvalue weighted by molar-refractivity contribution is 6.31. The second kappa shape index (κ2) is 13.4. The van der Waals surface area contributed by atoms with Gasteiger partial charge in [0.05, 0.1) is 47.0 Å². The summed E-state index contributed by atoms with van der Waals surface area (Å²) in [6.45, 7) is 2.17. The number of pyridine rings is 1. The van der Waals surface area contributed by atoms with E-state index in [4.69, 9.17) is 27.9 Å². The van der Waals surface area contributed by atoms with Crippen LogP contribution in [0.3, 0.4) is 0 Å². The second-order valence-electron chi connectivity index (χ2n) is 10.9. The Hall–Kier alpha value is -4.26. The lowest BCUT2D eigenvalue weighted by Crippen LogP contribution is -2.23. The molecule has 1 unspecified atom stereocenters. The molecule has 2 aromatic carbocycles. The molecular formula is C31H27Cl2F3N6O3. The zero-order chi connectivity index (χ0) is 32.3. The van der Waals surface area contributed by atoms with E-state index >= 15 is 4.39 Å². The number of aromatic nitrogens is 6. The van der Waals surface area contributed by atoms with Crippen molar-refractivity contribution in [3.8, 4) is 27.9 Å². The molecule has 45 heavy (non-hydrogen) atoms. The molecule has 0 bridgehead atoms. The van der Waals surface area contributed by atoms with Crippen LogP contribution in [0.2, 0.25) is 10.2 Å². The molecule has 5 rings (SSSR count). The highest BCUT2D eigenvalue weighted by Crippen LogP contribution is 2.34. The van der Waals surface area contributed by atoms with Crippen LogP contribution < -0.4 is 0 Å². The lowest BCUT2D eigenvalue weighted by Gasteiger charge is -2.19. The Kier molecular flexibility index (Phi) is 9.56. The van der Waals surface area contributed by atoms with Crippen LogP contribution in [-0.4, -0.2) is 54.5 Å². The molecule has 0 aliphatic heterocycles. The molecule has 0 saturated carbocycles. The average Bonchev–Trinajstić information content (AvgIpc) is 3.66. The van der Waals surface area contributed by atoms with Gasteiger partial charge in [-0.3, -0.25) is 9.67 Å². The fraction of sp³-hybridized carbons (Fsp3) is 0.258. The lowest BCUT2D eigenvalue weighted by molar-refractivity contribution is -0.130. The number of hydrogen-bond donors (Lipinski definition) is 0. The first-order valence-electron chi connectivity index (χ1n) is 13.7. The van der Waals surface area contributed by atoms with E-state index in [1.807, 2.05) is 0 Å². The Morgan fingerprint density at radius 3 is 2.31 bits per heavy atom. The van der Waals surface area contributed by atoms with Gasteiger partial charge in [0.2, 0.25) is 0 Å². The Bertz CT molecular complexity index is 1790. The zero-order valence-electron chi connectivity index (χ0n) is 24.3. The number of ether oxygens (including phenoxy) is 2. The van der Waals surface area contributed by atoms with Gasteiger partial charge in [-0.15, -0.1) is 5.10 Å². The van der Waals surface area contributed by atoms with Crippen molar-refractivity contribution in [1.29, 1.82) is 0 Å². The van der Waals surface area contributed by atoms with E-state index in [1.165, 1.54) is 23.1 Å². The Labute approximate surface area is 266 Å². The standard InChI is InChI=1S/C31H27Cl2F3N6O3/c1-31(2,3)45-29(43)19-6-4-18(5-7-19)21-15-38-41(16-21)24(12-13-44-30(35)36)23-10-8-20(14-37-23)27-25(11-9-22(32)28(27)34)42-17-26(33)39-40-42/h4-11,14-17,24,30H,12-13H2,1-3H3. The minimum absolute atomic E-state index is 0.103. The molecule has 0 amide bonds. The molecule has 0 spiro atoms. The number of esters is 1. The van der Waals surface area contributed by atoms with Crippen LogP contribution >= 0.6 is 23.2 Å². The normalized spacial score (nSPS) is 12.5. The third-order valence-electron chi connectivity index (χ3n) is 6.61. The smallest absolute Gasteiger partial charge is 0.345 e. The first-order chi connectivity index (χ1) is 21.4. The quantitative estimate of drug-likeness (QED) is 0.141. The summed E-state index contributed by atoms with van der Waals surface area (Å²) in [4.78, 5) is 16.9. The largest absolute Gasteiger partial charge is 0.456 e. The number of rotatable bonds is 10. The number of nitrogens with zero attached hydrogens (tertiary/aromatic N) is 6. The van der Waals surface area contributed by atoms with Gasteiger partial charge in [-0.05, 0) is 63.1 Å². The summed E-state index contributed by atoms with van der Waals surface area (Å²) in [5, 5.41) is 12.2. The maximum Gasteiger partial charge on any atom is 0.345 e. The molecule has 14 heteroatoms. The summed E-state index contributed by atoms with van der Waals surface area (Å²) in [5.74, 6) is -1.13. The molecule has 3 aromatic heterocycles. The number of alkyl halides is 2. The highest BCUT2D eigenvalue weighted by atomic mass is 35.5. The highest BCUT2D eigenvalue weighted by Gasteiger charge is 2.22. The first kappa shape index (κ1) is 32.1. The molecule has 1 atom stereocenters. The number of halogens is 5. The molecule has 0 fully saturated rings. The molecule has 234 valence electrons. The van der Waals surface area contributed by atoms with Gasteiger partial charge < -0.3 is 9.47 Å². The zero-order valence-corrected chi connectivity index (χ0v) is 25.8. The van der Waals surface area contributed by atoms with Crippen LogP contribution in [-0.2, 0) is 9.47 Å². The summed E-state index contributed by atoms with van der Waals surface area (Å²) >= 11 is 12.0. The predicted octanol–water partition coefficient (Wildman–Crippen LogP) is 7.81. The van der Waals surface area contributed by atoms with Gasteiger partial charge in [-0.1, -0.05) is 46.6 Å². The lowest BCUT2D eigenvalue weighted by atomic mass is 10.0. The van der Waals surface area contributed by atoms with Crippen molar-refractivity contribution in [2.45, 2.75) is 45.4 Å². The van der Waals surface area contributed by atoms with Crippen molar-refractivity contribution < 1.29 is 27.4 Å². The monoisotopic (exact) mass is 658 g/mol. The molecule has 0 saturated heterocycles. The first-order valence-corrected chi connectivity index (χ1v) is 14.5. The Morgan fingerprint density at radius 1 is 0.956 bits per heavy atom. The van der Waals surface area contributed by atoms with E-state index in [0.29, 0.717) is 22.5 Å². The van der Waals surface area contributed by atoms with Gasteiger partial charge in [-0.25, -0.2) is 13.9 Å². The van der Waals surface area contributed by atoms with E-state index in [2.05, 4.69) is 25.1 Å². The minimum Gasteiger partial charge on any atom is -0.456 e. The van der Waals surface area contributed by atoms with E-state index in [1.54, 1.807) is 80.3 Å². The summed E-state index contributed by atoms with van der Waals surface area (Å²) in [6.07, 6.45) is 6.36. The van der Waals surface area contributed by atoms with Crippen molar-refractivity contribution in [3.63, 3.8) is 0 Å². The average molecular weight is 659 g/mol. The van der Waals surface area contributed by atoms with Crippen molar-refractivity contribution in [2.24, 2.45) is 0 Å². The molecular weight excluding hydrogens is 632 g/mol. The predicted molar refractivity (Wildman–Crippen MR) is 162 cm³/mol. The van der Waals surface area contributed by atoms with Crippen molar-refractivity contribution in [3.05, 3.63) is 101 Å². The molecule has 0 N–H and O–H groups in total. The number of hydrogen-bond acceptors (Lipinski definition) is 7. The topological polar surface area (TPSA) is 96.9 Å². The van der Waals surface area contributed by atoms with E-state index < -0.39 is 30.0 Å². The molecule has 0 aliphatic carbocycles. The van der Waals surface area contributed by atoms with Crippen LogP contribution in [0.1, 0.15) is 49.3 Å². The Morgan fingerprint density at radius 2 is 1.69 bits per heavy atom. The summed E-state index contributed by atoms with van der Waals surface area (Å²) < 4.78 is 53.8. The van der Waals surface area contributed by atoms with Gasteiger partial charge in [0.15, 0.2) is 11.0 Å². The maximum absolute atomic E-state index is 15.3. The number of benzene rings is 2. The van der Waals surface area contributed by atoms with E-state index in [-0.39, 0.29) is 28.8 Å². The van der Waals surface area contributed by atoms with Gasteiger partial charge in [0.1, 0.15) is 5.60 Å². The van der Waals surface area contributed by atoms with Gasteiger partial charge >= 0.3 is 12.6 Å². The third kappa shape index (κ3) is 7.70. The van der Waals surface area contributed by atoms with Gasteiger partial charge in [-0.2, -0.15) is 13.9 Å².